The van der Waals surface area contributed by atoms with Crippen LogP contribution >= 0.6 is 0 Å². The van der Waals surface area contributed by atoms with Crippen molar-refractivity contribution in [2.75, 3.05) is 11.4 Å². The molecule has 2 N–H and O–H groups in total. The van der Waals surface area contributed by atoms with Gasteiger partial charge in [-0.25, -0.2) is 4.98 Å². The third-order valence-corrected chi connectivity index (χ3v) is 4.81. The van der Waals surface area contributed by atoms with E-state index in [9.17, 15) is 9.90 Å². The number of amides is 1. The quantitative estimate of drug-likeness (QED) is 0.744. The Balaban J connectivity index is 1.66. The summed E-state index contributed by atoms with van der Waals surface area (Å²) < 4.78 is 0. The fourth-order valence-electron chi connectivity index (χ4n) is 3.46. The number of hydrogen-bond donors (Lipinski definition) is 2. The highest BCUT2D eigenvalue weighted by atomic mass is 16.3. The molecule has 3 aromatic rings. The van der Waals surface area contributed by atoms with Crippen molar-refractivity contribution in [3.63, 3.8) is 0 Å². The Kier molecular flexibility index (Phi) is 3.95. The van der Waals surface area contributed by atoms with Crippen LogP contribution in [0.5, 0.6) is 5.75 Å². The van der Waals surface area contributed by atoms with Crippen molar-refractivity contribution in [1.29, 1.82) is 0 Å². The Labute approximate surface area is 151 Å². The minimum absolute atomic E-state index is 0.107. The van der Waals surface area contributed by atoms with Crippen molar-refractivity contribution in [3.8, 4) is 17.1 Å². The van der Waals surface area contributed by atoms with Gasteiger partial charge >= 0.3 is 0 Å². The Bertz CT molecular complexity index is 976. The average Bonchev–Trinajstić information content (AvgIpc) is 3.10. The third-order valence-electron chi connectivity index (χ3n) is 4.81. The van der Waals surface area contributed by atoms with E-state index in [4.69, 9.17) is 0 Å². The van der Waals surface area contributed by atoms with Crippen molar-refractivity contribution < 1.29 is 9.90 Å². The maximum Gasteiger partial charge on any atom is 0.258 e. The van der Waals surface area contributed by atoms with Gasteiger partial charge in [0.1, 0.15) is 11.6 Å². The van der Waals surface area contributed by atoms with Gasteiger partial charge in [0.15, 0.2) is 5.82 Å². The number of hydrogen-bond acceptors (Lipinski definition) is 4. The highest BCUT2D eigenvalue weighted by molar-refractivity contribution is 6.07. The Morgan fingerprint density at radius 1 is 1.15 bits per heavy atom. The fourth-order valence-corrected chi connectivity index (χ4v) is 3.46. The minimum atomic E-state index is -0.107. The summed E-state index contributed by atoms with van der Waals surface area (Å²) in [4.78, 5) is 19.0. The summed E-state index contributed by atoms with van der Waals surface area (Å²) in [7, 11) is 0. The van der Waals surface area contributed by atoms with E-state index in [-0.39, 0.29) is 11.7 Å². The Morgan fingerprint density at radius 3 is 2.62 bits per heavy atom. The molecule has 0 unspecified atom stereocenters. The monoisotopic (exact) mass is 348 g/mol. The van der Waals surface area contributed by atoms with Crippen molar-refractivity contribution in [1.82, 2.24) is 15.2 Å². The van der Waals surface area contributed by atoms with Crippen LogP contribution in [0.4, 0.5) is 5.69 Å². The van der Waals surface area contributed by atoms with Gasteiger partial charge in [0.25, 0.3) is 5.91 Å². The van der Waals surface area contributed by atoms with Crippen molar-refractivity contribution in [2.45, 2.75) is 26.7 Å². The summed E-state index contributed by atoms with van der Waals surface area (Å²) in [6.07, 6.45) is 1.76. The predicted octanol–water partition coefficient (Wildman–Crippen LogP) is 3.39. The molecule has 2 aromatic carbocycles. The standard InChI is InChI=1S/C20H20N4O2/c1-12-5-10-17(25)18-16(12)4-3-11-24(18)20(26)15-8-6-14(7-9-15)19-21-13(2)22-23-19/h5-10,25H,3-4,11H2,1-2H3,(H,21,22,23). The normalized spacial score (nSPS) is 13.5. The molecule has 0 aliphatic carbocycles. The molecule has 0 radical (unpaired) electrons. The van der Waals surface area contributed by atoms with Gasteiger partial charge in [-0.1, -0.05) is 18.2 Å². The summed E-state index contributed by atoms with van der Waals surface area (Å²) >= 11 is 0. The zero-order valence-corrected chi connectivity index (χ0v) is 14.8. The lowest BCUT2D eigenvalue weighted by Gasteiger charge is -2.31. The zero-order valence-electron chi connectivity index (χ0n) is 14.8. The second-order valence-corrected chi connectivity index (χ2v) is 6.61. The van der Waals surface area contributed by atoms with E-state index >= 15 is 0 Å². The lowest BCUT2D eigenvalue weighted by Crippen LogP contribution is -2.35. The number of aromatic hydroxyl groups is 1. The number of anilines is 1. The lowest BCUT2D eigenvalue weighted by atomic mass is 9.95. The molecule has 0 fully saturated rings. The van der Waals surface area contributed by atoms with E-state index in [0.29, 0.717) is 23.6 Å². The molecule has 1 aliphatic rings. The zero-order chi connectivity index (χ0) is 18.3. The van der Waals surface area contributed by atoms with Crippen molar-refractivity contribution in [3.05, 3.63) is 58.9 Å². The number of carbonyl (C=O) groups is 1. The number of phenolic OH excluding ortho intramolecular Hbond substituents is 1. The largest absolute Gasteiger partial charge is 0.506 e. The molecule has 1 aromatic heterocycles. The topological polar surface area (TPSA) is 82.1 Å². The maximum absolute atomic E-state index is 13.1. The first kappa shape index (κ1) is 16.3. The summed E-state index contributed by atoms with van der Waals surface area (Å²) in [6, 6.07) is 10.8. The van der Waals surface area contributed by atoms with Crippen molar-refractivity contribution >= 4 is 11.6 Å². The fraction of sp³-hybridized carbons (Fsp3) is 0.250. The van der Waals surface area contributed by atoms with Crippen LogP contribution in [-0.4, -0.2) is 32.7 Å². The molecule has 132 valence electrons. The summed E-state index contributed by atoms with van der Waals surface area (Å²) in [5, 5.41) is 17.3. The first-order valence-corrected chi connectivity index (χ1v) is 8.67. The van der Waals surface area contributed by atoms with E-state index in [1.807, 2.05) is 32.0 Å². The first-order valence-electron chi connectivity index (χ1n) is 8.67. The highest BCUT2D eigenvalue weighted by Crippen LogP contribution is 2.38. The number of H-pyrrole nitrogens is 1. The van der Waals surface area contributed by atoms with Gasteiger partial charge < -0.3 is 10.0 Å². The summed E-state index contributed by atoms with van der Waals surface area (Å²) in [5.41, 5.74) is 4.23. The van der Waals surface area contributed by atoms with Crippen LogP contribution in [0, 0.1) is 13.8 Å². The van der Waals surface area contributed by atoms with Crippen LogP contribution in [0.2, 0.25) is 0 Å². The van der Waals surface area contributed by atoms with Crippen LogP contribution in [-0.2, 0) is 6.42 Å². The van der Waals surface area contributed by atoms with E-state index < -0.39 is 0 Å². The van der Waals surface area contributed by atoms with Gasteiger partial charge in [-0.3, -0.25) is 9.89 Å². The summed E-state index contributed by atoms with van der Waals surface area (Å²) in [5.74, 6) is 1.41. The molecule has 6 heteroatoms. The van der Waals surface area contributed by atoms with Gasteiger partial charge in [0.2, 0.25) is 0 Å². The third kappa shape index (κ3) is 2.73. The molecule has 0 bridgehead atoms. The maximum atomic E-state index is 13.1. The second kappa shape index (κ2) is 6.29. The molecule has 4 rings (SSSR count). The van der Waals surface area contributed by atoms with E-state index in [0.717, 1.165) is 35.4 Å². The van der Waals surface area contributed by atoms with Crippen LogP contribution in [0.15, 0.2) is 36.4 Å². The number of phenols is 1. The number of nitrogens with zero attached hydrogens (tertiary/aromatic N) is 3. The molecule has 0 saturated carbocycles. The van der Waals surface area contributed by atoms with Gasteiger partial charge in [-0.15, -0.1) is 0 Å². The molecular weight excluding hydrogens is 328 g/mol. The number of aromatic amines is 1. The van der Waals surface area contributed by atoms with E-state index in [1.165, 1.54) is 0 Å². The molecule has 0 spiro atoms. The number of aromatic nitrogens is 3. The van der Waals surface area contributed by atoms with E-state index in [2.05, 4.69) is 15.2 Å². The molecule has 1 amide bonds. The number of benzene rings is 2. The van der Waals surface area contributed by atoms with Crippen LogP contribution < -0.4 is 4.90 Å². The Hall–Kier alpha value is -3.15. The highest BCUT2D eigenvalue weighted by Gasteiger charge is 2.27. The molecule has 6 nitrogen and oxygen atoms in total. The van der Waals surface area contributed by atoms with Crippen molar-refractivity contribution in [2.24, 2.45) is 0 Å². The second-order valence-electron chi connectivity index (χ2n) is 6.61. The molecule has 2 heterocycles. The minimum Gasteiger partial charge on any atom is -0.506 e. The van der Waals surface area contributed by atoms with Crippen LogP contribution in [0.1, 0.15) is 33.7 Å². The number of nitrogens with one attached hydrogen (secondary N) is 1. The average molecular weight is 348 g/mol. The molecule has 0 saturated heterocycles. The van der Waals surface area contributed by atoms with Gasteiger partial charge in [0, 0.05) is 17.7 Å². The smallest absolute Gasteiger partial charge is 0.258 e. The molecular formula is C20H20N4O2. The van der Waals surface area contributed by atoms with Gasteiger partial charge in [-0.2, -0.15) is 5.10 Å². The molecule has 26 heavy (non-hydrogen) atoms. The lowest BCUT2D eigenvalue weighted by molar-refractivity contribution is 0.0984. The number of carbonyl (C=O) groups excluding carboxylic acids is 1. The number of aryl methyl sites for hydroxylation is 2. The first-order chi connectivity index (χ1) is 12.5. The van der Waals surface area contributed by atoms with E-state index in [1.54, 1.807) is 23.1 Å². The molecule has 1 aliphatic heterocycles. The van der Waals surface area contributed by atoms with Crippen LogP contribution in [0.25, 0.3) is 11.4 Å². The molecule has 0 atom stereocenters. The Morgan fingerprint density at radius 2 is 1.92 bits per heavy atom. The SMILES string of the molecule is Cc1nc(-c2ccc(C(=O)N3CCCc4c(C)ccc(O)c43)cc2)n[nH]1. The number of fused-ring (bicyclic) bond motifs is 1. The number of rotatable bonds is 2. The predicted molar refractivity (Wildman–Crippen MR) is 99.4 cm³/mol. The van der Waals surface area contributed by atoms with Gasteiger partial charge in [0.05, 0.1) is 5.69 Å². The van der Waals surface area contributed by atoms with Crippen LogP contribution in [0.3, 0.4) is 0 Å². The van der Waals surface area contributed by atoms with Gasteiger partial charge in [-0.05, 0) is 56.0 Å². The summed E-state index contributed by atoms with van der Waals surface area (Å²) in [6.45, 7) is 4.46.